The number of benzene rings is 8. The van der Waals surface area contributed by atoms with Crippen molar-refractivity contribution in [1.29, 1.82) is 0 Å². The van der Waals surface area contributed by atoms with Gasteiger partial charge in [0.1, 0.15) is 0 Å². The highest BCUT2D eigenvalue weighted by atomic mass is 15.1. The van der Waals surface area contributed by atoms with Crippen molar-refractivity contribution >= 4 is 17.1 Å². The second kappa shape index (κ2) is 13.7. The fraction of sp³-hybridized carbons (Fsp3) is 0. The standard InChI is InChI=1S/C48H35N/c1-5-18-36(19-6-1)37-32-34-41(35-33-37)49(46-30-16-15-27-43(46)39-22-9-3-10-23-39)47-31-17-29-44(40-24-11-4-12-25-40)48(47)45-28-14-13-26-42(45)38-20-7-2-8-21-38/h1-35H. The van der Waals surface area contributed by atoms with E-state index in [1.807, 2.05) is 0 Å². The summed E-state index contributed by atoms with van der Waals surface area (Å²) in [6, 6.07) is 76.0. The molecule has 232 valence electrons. The van der Waals surface area contributed by atoms with Crippen LogP contribution in [-0.4, -0.2) is 0 Å². The van der Waals surface area contributed by atoms with Crippen LogP contribution in [0.2, 0.25) is 0 Å². The van der Waals surface area contributed by atoms with Crippen LogP contribution < -0.4 is 4.90 Å². The molecule has 0 aliphatic carbocycles. The van der Waals surface area contributed by atoms with Crippen LogP contribution in [0.4, 0.5) is 17.1 Å². The molecule has 0 saturated carbocycles. The van der Waals surface area contributed by atoms with E-state index in [1.54, 1.807) is 0 Å². The van der Waals surface area contributed by atoms with E-state index in [0.29, 0.717) is 0 Å². The molecule has 0 amide bonds. The molecule has 0 unspecified atom stereocenters. The summed E-state index contributed by atoms with van der Waals surface area (Å²) in [5, 5.41) is 0. The molecular formula is C48H35N. The largest absolute Gasteiger partial charge is 0.309 e. The topological polar surface area (TPSA) is 3.24 Å². The zero-order chi connectivity index (χ0) is 32.8. The van der Waals surface area contributed by atoms with Crippen LogP contribution in [0.25, 0.3) is 55.6 Å². The van der Waals surface area contributed by atoms with E-state index in [-0.39, 0.29) is 0 Å². The molecule has 0 aliphatic rings. The van der Waals surface area contributed by atoms with Crippen LogP contribution in [0.5, 0.6) is 0 Å². The maximum atomic E-state index is 2.45. The van der Waals surface area contributed by atoms with Gasteiger partial charge < -0.3 is 4.90 Å². The van der Waals surface area contributed by atoms with E-state index in [4.69, 9.17) is 0 Å². The minimum atomic E-state index is 1.09. The summed E-state index contributed by atoms with van der Waals surface area (Å²) in [5.74, 6) is 0. The van der Waals surface area contributed by atoms with Gasteiger partial charge in [-0.3, -0.25) is 0 Å². The fourth-order valence-electron chi connectivity index (χ4n) is 6.81. The van der Waals surface area contributed by atoms with Crippen LogP contribution in [-0.2, 0) is 0 Å². The first-order chi connectivity index (χ1) is 24.3. The normalized spacial score (nSPS) is 10.9. The first kappa shape index (κ1) is 29.9. The highest BCUT2D eigenvalue weighted by Crippen LogP contribution is 2.49. The van der Waals surface area contributed by atoms with Crippen molar-refractivity contribution < 1.29 is 0 Å². The van der Waals surface area contributed by atoms with Crippen LogP contribution in [0.1, 0.15) is 0 Å². The quantitative estimate of drug-likeness (QED) is 0.162. The molecule has 8 aromatic carbocycles. The Kier molecular flexibility index (Phi) is 8.39. The molecule has 49 heavy (non-hydrogen) atoms. The molecule has 8 aromatic rings. The summed E-state index contributed by atoms with van der Waals surface area (Å²) in [7, 11) is 0. The van der Waals surface area contributed by atoms with Crippen molar-refractivity contribution in [2.75, 3.05) is 4.90 Å². The van der Waals surface area contributed by atoms with Gasteiger partial charge in [-0.05, 0) is 68.8 Å². The number of nitrogens with zero attached hydrogens (tertiary/aromatic N) is 1. The molecule has 0 atom stereocenters. The van der Waals surface area contributed by atoms with E-state index in [0.717, 1.165) is 17.1 Å². The first-order valence-corrected chi connectivity index (χ1v) is 16.8. The van der Waals surface area contributed by atoms with E-state index in [1.165, 1.54) is 55.6 Å². The second-order valence-electron chi connectivity index (χ2n) is 12.1. The molecule has 1 nitrogen and oxygen atoms in total. The van der Waals surface area contributed by atoms with Gasteiger partial charge in [-0.25, -0.2) is 0 Å². The SMILES string of the molecule is c1ccc(-c2ccc(N(c3ccccc3-c3ccccc3)c3cccc(-c4ccccc4)c3-c3ccccc3-c3ccccc3)cc2)cc1. The summed E-state index contributed by atoms with van der Waals surface area (Å²) in [4.78, 5) is 2.45. The lowest BCUT2D eigenvalue weighted by Gasteiger charge is -2.31. The molecule has 8 rings (SSSR count). The van der Waals surface area contributed by atoms with E-state index in [9.17, 15) is 0 Å². The van der Waals surface area contributed by atoms with Gasteiger partial charge in [0.25, 0.3) is 0 Å². The molecule has 0 heterocycles. The Hall–Kier alpha value is -6.44. The Labute approximate surface area is 289 Å². The molecule has 0 bridgehead atoms. The Morgan fingerprint density at radius 2 is 0.612 bits per heavy atom. The maximum absolute atomic E-state index is 2.45. The zero-order valence-electron chi connectivity index (χ0n) is 27.2. The van der Waals surface area contributed by atoms with Crippen LogP contribution in [0.15, 0.2) is 212 Å². The minimum absolute atomic E-state index is 1.09. The van der Waals surface area contributed by atoms with Gasteiger partial charge in [-0.1, -0.05) is 188 Å². The third-order valence-corrected chi connectivity index (χ3v) is 9.11. The average Bonchev–Trinajstić information content (AvgIpc) is 3.20. The van der Waals surface area contributed by atoms with Gasteiger partial charge in [-0.15, -0.1) is 0 Å². The molecule has 1 heteroatoms. The molecule has 0 spiro atoms. The summed E-state index contributed by atoms with van der Waals surface area (Å²) in [5.41, 5.74) is 15.2. The average molecular weight is 626 g/mol. The Balaban J connectivity index is 1.43. The van der Waals surface area contributed by atoms with Crippen LogP contribution in [0.3, 0.4) is 0 Å². The number of rotatable bonds is 8. The van der Waals surface area contributed by atoms with E-state index >= 15 is 0 Å². The van der Waals surface area contributed by atoms with Gasteiger partial charge in [0.15, 0.2) is 0 Å². The molecule has 0 N–H and O–H groups in total. The Bertz CT molecular complexity index is 2290. The summed E-state index contributed by atoms with van der Waals surface area (Å²) in [6.07, 6.45) is 0. The van der Waals surface area contributed by atoms with Gasteiger partial charge in [0.05, 0.1) is 11.4 Å². The minimum Gasteiger partial charge on any atom is -0.309 e. The third kappa shape index (κ3) is 6.06. The maximum Gasteiger partial charge on any atom is 0.0546 e. The molecule has 0 aliphatic heterocycles. The van der Waals surface area contributed by atoms with Crippen molar-refractivity contribution in [3.63, 3.8) is 0 Å². The van der Waals surface area contributed by atoms with Crippen molar-refractivity contribution in [3.8, 4) is 55.6 Å². The van der Waals surface area contributed by atoms with E-state index in [2.05, 4.69) is 217 Å². The van der Waals surface area contributed by atoms with Gasteiger partial charge in [0.2, 0.25) is 0 Å². The predicted molar refractivity (Wildman–Crippen MR) is 208 cm³/mol. The smallest absolute Gasteiger partial charge is 0.0546 e. The highest BCUT2D eigenvalue weighted by molar-refractivity contribution is 6.02. The lowest BCUT2D eigenvalue weighted by molar-refractivity contribution is 1.28. The Morgan fingerprint density at radius 1 is 0.224 bits per heavy atom. The number of hydrogen-bond donors (Lipinski definition) is 0. The number of hydrogen-bond acceptors (Lipinski definition) is 1. The Morgan fingerprint density at radius 3 is 1.20 bits per heavy atom. The van der Waals surface area contributed by atoms with Crippen molar-refractivity contribution in [2.45, 2.75) is 0 Å². The van der Waals surface area contributed by atoms with E-state index < -0.39 is 0 Å². The lowest BCUT2D eigenvalue weighted by atomic mass is 9.87. The summed E-state index contributed by atoms with van der Waals surface area (Å²) < 4.78 is 0. The molecule has 0 radical (unpaired) electrons. The van der Waals surface area contributed by atoms with Crippen molar-refractivity contribution in [1.82, 2.24) is 0 Å². The number of anilines is 3. The van der Waals surface area contributed by atoms with Gasteiger partial charge in [-0.2, -0.15) is 0 Å². The van der Waals surface area contributed by atoms with Crippen LogP contribution in [0, 0.1) is 0 Å². The molecule has 0 aromatic heterocycles. The van der Waals surface area contributed by atoms with Crippen molar-refractivity contribution in [2.24, 2.45) is 0 Å². The molecule has 0 saturated heterocycles. The molecular weight excluding hydrogens is 591 g/mol. The second-order valence-corrected chi connectivity index (χ2v) is 12.1. The van der Waals surface area contributed by atoms with Gasteiger partial charge >= 0.3 is 0 Å². The summed E-state index contributed by atoms with van der Waals surface area (Å²) >= 11 is 0. The zero-order valence-corrected chi connectivity index (χ0v) is 27.2. The lowest BCUT2D eigenvalue weighted by Crippen LogP contribution is -2.13. The number of para-hydroxylation sites is 1. The predicted octanol–water partition coefficient (Wildman–Crippen LogP) is 13.5. The summed E-state index contributed by atoms with van der Waals surface area (Å²) in [6.45, 7) is 0. The van der Waals surface area contributed by atoms with Gasteiger partial charge in [0, 0.05) is 16.8 Å². The highest BCUT2D eigenvalue weighted by Gasteiger charge is 2.24. The third-order valence-electron chi connectivity index (χ3n) is 9.11. The van der Waals surface area contributed by atoms with Crippen LogP contribution >= 0.6 is 0 Å². The monoisotopic (exact) mass is 625 g/mol. The molecule has 0 fully saturated rings. The fourth-order valence-corrected chi connectivity index (χ4v) is 6.81. The van der Waals surface area contributed by atoms with Crippen molar-refractivity contribution in [3.05, 3.63) is 212 Å². The first-order valence-electron chi connectivity index (χ1n) is 16.8.